The fourth-order valence-corrected chi connectivity index (χ4v) is 9.45. The number of ether oxygens (including phenoxy) is 1. The molecule has 4 rings (SSSR count). The minimum Gasteiger partial charge on any atom is -0.449 e. The number of alkyl carbamates (subject to hydrolysis) is 1. The molecular weight excluding hydrogens is 721 g/mol. The summed E-state index contributed by atoms with van der Waals surface area (Å²) in [5.41, 5.74) is 0.00569. The Hall–Kier alpha value is -4.12. The summed E-state index contributed by atoms with van der Waals surface area (Å²) in [4.78, 5) is 86.4. The first kappa shape index (κ1) is 41.6. The van der Waals surface area contributed by atoms with Crippen LogP contribution in [-0.4, -0.2) is 109 Å². The van der Waals surface area contributed by atoms with E-state index < -0.39 is 75.7 Å². The molecule has 290 valence electrons. The van der Waals surface area contributed by atoms with E-state index in [2.05, 4.69) is 36.4 Å². The van der Waals surface area contributed by atoms with E-state index in [0.29, 0.717) is 18.7 Å². The third kappa shape index (κ3) is 11.4. The molecule has 2 aliphatic heterocycles. The van der Waals surface area contributed by atoms with E-state index in [-0.39, 0.29) is 25.5 Å². The van der Waals surface area contributed by atoms with E-state index in [0.717, 1.165) is 23.5 Å². The number of nitrogens with one attached hydrogen (secondary N) is 5. The summed E-state index contributed by atoms with van der Waals surface area (Å²) in [6.07, 6.45) is 2.57. The molecule has 5 amide bonds. The number of likely N-dealkylation sites (tertiary alicyclic amines) is 1. The Morgan fingerprint density at radius 2 is 1.74 bits per heavy atom. The second kappa shape index (κ2) is 18.8. The number of aromatic nitrogens is 3. The molecule has 4 atom stereocenters. The molecule has 1 spiro atoms. The maximum absolute atomic E-state index is 14.3. The lowest BCUT2D eigenvalue weighted by Gasteiger charge is -2.36. The Labute approximate surface area is 319 Å². The molecule has 17 heteroatoms. The predicted molar refractivity (Wildman–Crippen MR) is 203 cm³/mol. The average Bonchev–Trinajstić information content (AvgIpc) is 3.79. The van der Waals surface area contributed by atoms with Crippen molar-refractivity contribution < 1.29 is 33.5 Å². The van der Waals surface area contributed by atoms with E-state index in [1.165, 1.54) is 11.2 Å². The standard InChI is InChI=1S/C36H52N8O7S2/c1-7-12-24(28(46)32(48)37-18-26(45)41-27(30-38-21-39-43-30)23-13-9-8-10-14-23)40-31(47)25-17-36(52-15-11-16-53-36)20-44(25)33(49)29(35(4,5)6)42-34(50)51-19-22(2)3/h8-10,13-14,21-22,24-25,27,29H,7,11-12,15-20H2,1-6H3,(H,37,48)(H,40,47)(H,41,45)(H,42,50)(H,38,39,43). The van der Waals surface area contributed by atoms with Crippen LogP contribution in [0, 0.1) is 11.3 Å². The second-order valence-electron chi connectivity index (χ2n) is 14.8. The van der Waals surface area contributed by atoms with Crippen LogP contribution >= 0.6 is 23.5 Å². The quantitative estimate of drug-likeness (QED) is 0.167. The molecule has 1 aromatic heterocycles. The molecule has 5 N–H and O–H groups in total. The fourth-order valence-electron chi connectivity index (χ4n) is 6.10. The smallest absolute Gasteiger partial charge is 0.407 e. The lowest BCUT2D eigenvalue weighted by molar-refractivity contribution is -0.144. The van der Waals surface area contributed by atoms with Crippen LogP contribution < -0.4 is 21.3 Å². The number of H-pyrrole nitrogens is 1. The first-order valence-corrected chi connectivity index (χ1v) is 19.9. The van der Waals surface area contributed by atoms with E-state index in [1.54, 1.807) is 23.5 Å². The molecule has 15 nitrogen and oxygen atoms in total. The number of aromatic amines is 1. The van der Waals surface area contributed by atoms with Crippen molar-refractivity contribution in [1.29, 1.82) is 0 Å². The number of hydrogen-bond acceptors (Lipinski definition) is 11. The Morgan fingerprint density at radius 1 is 1.04 bits per heavy atom. The van der Waals surface area contributed by atoms with Gasteiger partial charge in [0.15, 0.2) is 5.82 Å². The van der Waals surface area contributed by atoms with Gasteiger partial charge in [-0.15, -0.1) is 23.5 Å². The number of carbonyl (C=O) groups excluding carboxylic acids is 6. The van der Waals surface area contributed by atoms with Gasteiger partial charge in [0.25, 0.3) is 5.91 Å². The maximum atomic E-state index is 14.3. The van der Waals surface area contributed by atoms with E-state index in [9.17, 15) is 28.8 Å². The first-order chi connectivity index (χ1) is 25.1. The van der Waals surface area contributed by atoms with Crippen molar-refractivity contribution in [2.75, 3.05) is 31.2 Å². The fraction of sp³-hybridized carbons (Fsp3) is 0.611. The Balaban J connectivity index is 1.46. The molecule has 2 fully saturated rings. The third-order valence-electron chi connectivity index (χ3n) is 8.81. The highest BCUT2D eigenvalue weighted by molar-refractivity contribution is 8.18. The van der Waals surface area contributed by atoms with Crippen LogP contribution in [0.3, 0.4) is 0 Å². The number of amides is 5. The van der Waals surface area contributed by atoms with Crippen LogP contribution in [0.5, 0.6) is 0 Å². The number of thioether (sulfide) groups is 2. The predicted octanol–water partition coefficient (Wildman–Crippen LogP) is 2.94. The molecular formula is C36H52N8O7S2. The molecule has 0 aliphatic carbocycles. The zero-order valence-electron chi connectivity index (χ0n) is 31.2. The van der Waals surface area contributed by atoms with Crippen molar-refractivity contribution in [3.63, 3.8) is 0 Å². The molecule has 2 aromatic rings. The summed E-state index contributed by atoms with van der Waals surface area (Å²) in [6, 6.07) is 5.25. The number of Topliss-reactive ketones (excluding diaryl/α,β-unsaturated/α-hetero) is 1. The first-order valence-electron chi connectivity index (χ1n) is 18.0. The van der Waals surface area contributed by atoms with Gasteiger partial charge in [-0.2, -0.15) is 5.10 Å². The molecule has 3 heterocycles. The molecule has 4 unspecified atom stereocenters. The second-order valence-corrected chi connectivity index (χ2v) is 18.0. The topological polar surface area (TPSA) is 205 Å². The summed E-state index contributed by atoms with van der Waals surface area (Å²) >= 11 is 3.42. The lowest BCUT2D eigenvalue weighted by atomic mass is 9.85. The van der Waals surface area contributed by atoms with E-state index in [1.807, 2.05) is 71.9 Å². The Kier molecular flexibility index (Phi) is 14.7. The van der Waals surface area contributed by atoms with Crippen molar-refractivity contribution >= 4 is 59.0 Å². The minimum absolute atomic E-state index is 0.103. The van der Waals surface area contributed by atoms with Crippen molar-refractivity contribution in [2.45, 2.75) is 95.5 Å². The average molecular weight is 773 g/mol. The molecule has 2 saturated heterocycles. The van der Waals surface area contributed by atoms with Gasteiger partial charge in [0.2, 0.25) is 23.5 Å². The van der Waals surface area contributed by atoms with Crippen LogP contribution in [0.4, 0.5) is 4.79 Å². The highest BCUT2D eigenvalue weighted by Gasteiger charge is 2.53. The highest BCUT2D eigenvalue weighted by Crippen LogP contribution is 2.50. The molecule has 0 saturated carbocycles. The van der Waals surface area contributed by atoms with Crippen LogP contribution in [-0.2, 0) is 28.7 Å². The van der Waals surface area contributed by atoms with Crippen LogP contribution in [0.2, 0.25) is 0 Å². The van der Waals surface area contributed by atoms with Crippen molar-refractivity contribution in [2.24, 2.45) is 11.3 Å². The summed E-state index contributed by atoms with van der Waals surface area (Å²) in [5.74, 6) is -1.25. The molecule has 0 radical (unpaired) electrons. The highest BCUT2D eigenvalue weighted by atomic mass is 32.2. The largest absolute Gasteiger partial charge is 0.449 e. The van der Waals surface area contributed by atoms with Gasteiger partial charge >= 0.3 is 6.09 Å². The van der Waals surface area contributed by atoms with Gasteiger partial charge < -0.3 is 30.9 Å². The molecule has 53 heavy (non-hydrogen) atoms. The summed E-state index contributed by atoms with van der Waals surface area (Å²) in [6.45, 7) is 11.1. The Bertz CT molecular complexity index is 1580. The van der Waals surface area contributed by atoms with Crippen LogP contribution in [0.15, 0.2) is 36.7 Å². The van der Waals surface area contributed by atoms with Gasteiger partial charge in [-0.3, -0.25) is 29.1 Å². The minimum atomic E-state index is -1.19. The van der Waals surface area contributed by atoms with Crippen molar-refractivity contribution in [3.8, 4) is 0 Å². The summed E-state index contributed by atoms with van der Waals surface area (Å²) in [7, 11) is 0. The van der Waals surface area contributed by atoms with Crippen molar-refractivity contribution in [1.82, 2.24) is 41.3 Å². The monoisotopic (exact) mass is 772 g/mol. The molecule has 0 bridgehead atoms. The van der Waals surface area contributed by atoms with E-state index in [4.69, 9.17) is 4.74 Å². The zero-order valence-corrected chi connectivity index (χ0v) is 32.9. The SMILES string of the molecule is CCCC(NC(=O)C1CC2(CN1C(=O)C(NC(=O)OCC(C)C)C(C)(C)C)SCCCS2)C(=O)C(=O)NCC(=O)NC(c1ccccc1)c1ncn[nH]1. The summed E-state index contributed by atoms with van der Waals surface area (Å²) < 4.78 is 4.89. The molecule has 1 aromatic carbocycles. The number of hydrogen-bond donors (Lipinski definition) is 5. The van der Waals surface area contributed by atoms with Gasteiger partial charge in [-0.25, -0.2) is 9.78 Å². The third-order valence-corrected chi connectivity index (χ3v) is 12.1. The zero-order chi connectivity index (χ0) is 38.8. The van der Waals surface area contributed by atoms with Gasteiger partial charge in [0, 0.05) is 13.0 Å². The number of ketones is 1. The van der Waals surface area contributed by atoms with Gasteiger partial charge in [-0.1, -0.05) is 78.3 Å². The lowest BCUT2D eigenvalue weighted by Crippen LogP contribution is -2.59. The van der Waals surface area contributed by atoms with Gasteiger partial charge in [-0.05, 0) is 41.2 Å². The van der Waals surface area contributed by atoms with Crippen LogP contribution in [0.25, 0.3) is 0 Å². The van der Waals surface area contributed by atoms with Gasteiger partial charge in [0.05, 0.1) is 23.3 Å². The Morgan fingerprint density at radius 3 is 2.34 bits per heavy atom. The number of carbonyl (C=O) groups is 6. The number of nitrogens with zero attached hydrogens (tertiary/aromatic N) is 3. The van der Waals surface area contributed by atoms with E-state index >= 15 is 0 Å². The van der Waals surface area contributed by atoms with Crippen LogP contribution in [0.1, 0.15) is 84.7 Å². The summed E-state index contributed by atoms with van der Waals surface area (Å²) in [5, 5.41) is 17.3. The number of rotatable bonds is 15. The maximum Gasteiger partial charge on any atom is 0.407 e. The van der Waals surface area contributed by atoms with Gasteiger partial charge in [0.1, 0.15) is 24.5 Å². The van der Waals surface area contributed by atoms with Crippen molar-refractivity contribution in [3.05, 3.63) is 48.0 Å². The normalized spacial score (nSPS) is 18.5. The number of benzene rings is 1. The molecule has 2 aliphatic rings.